The molecule has 0 radical (unpaired) electrons. The minimum absolute atomic E-state index is 0.00555. The number of pyridine rings is 1. The van der Waals surface area contributed by atoms with Crippen LogP contribution in [0.1, 0.15) is 12.1 Å². The van der Waals surface area contributed by atoms with E-state index < -0.39 is 15.8 Å². The number of nitrogens with zero attached hydrogens (tertiary/aromatic N) is 2. The predicted molar refractivity (Wildman–Crippen MR) is 98.1 cm³/mol. The third-order valence-electron chi connectivity index (χ3n) is 3.89. The Labute approximate surface area is 156 Å². The number of sulfonamides is 1. The molecular weight excluding hydrogens is 371 g/mol. The molecule has 0 atom stereocenters. The lowest BCUT2D eigenvalue weighted by Gasteiger charge is -2.07. The summed E-state index contributed by atoms with van der Waals surface area (Å²) in [6.07, 6.45) is 4.39. The van der Waals surface area contributed by atoms with Crippen molar-refractivity contribution >= 4 is 21.6 Å². The second-order valence-electron chi connectivity index (χ2n) is 5.90. The summed E-state index contributed by atoms with van der Waals surface area (Å²) in [6, 6.07) is 10.2. The molecular formula is C18H19FN4O3S. The highest BCUT2D eigenvalue weighted by Gasteiger charge is 2.14. The van der Waals surface area contributed by atoms with E-state index in [1.807, 2.05) is 35.0 Å². The van der Waals surface area contributed by atoms with Crippen LogP contribution in [0.3, 0.4) is 0 Å². The Morgan fingerprint density at radius 1 is 1.11 bits per heavy atom. The molecule has 0 unspecified atom stereocenters. The Bertz CT molecular complexity index is 999. The van der Waals surface area contributed by atoms with Gasteiger partial charge in [0.15, 0.2) is 0 Å². The molecule has 0 bridgehead atoms. The van der Waals surface area contributed by atoms with Crippen molar-refractivity contribution in [2.75, 3.05) is 13.1 Å². The van der Waals surface area contributed by atoms with Crippen molar-refractivity contribution in [2.24, 2.45) is 0 Å². The number of imidazole rings is 1. The van der Waals surface area contributed by atoms with Gasteiger partial charge in [0.1, 0.15) is 11.5 Å². The number of benzene rings is 1. The SMILES string of the molecule is O=C(CCNS(=O)(=O)c1ccc(F)cc1)NCCc1cn2ccccc2n1. The number of rotatable bonds is 8. The summed E-state index contributed by atoms with van der Waals surface area (Å²) in [4.78, 5) is 16.2. The van der Waals surface area contributed by atoms with Crippen LogP contribution in [-0.4, -0.2) is 36.8 Å². The van der Waals surface area contributed by atoms with E-state index in [4.69, 9.17) is 0 Å². The van der Waals surface area contributed by atoms with Crippen LogP contribution in [0.15, 0.2) is 59.8 Å². The van der Waals surface area contributed by atoms with Gasteiger partial charge in [-0.05, 0) is 36.4 Å². The highest BCUT2D eigenvalue weighted by molar-refractivity contribution is 7.89. The fourth-order valence-corrected chi connectivity index (χ4v) is 3.55. The first-order valence-electron chi connectivity index (χ1n) is 8.38. The fourth-order valence-electron chi connectivity index (χ4n) is 2.52. The molecule has 7 nitrogen and oxygen atoms in total. The summed E-state index contributed by atoms with van der Waals surface area (Å²) in [7, 11) is -3.76. The van der Waals surface area contributed by atoms with Crippen LogP contribution in [0, 0.1) is 5.82 Å². The molecule has 3 aromatic rings. The molecule has 0 aliphatic rings. The van der Waals surface area contributed by atoms with Gasteiger partial charge < -0.3 is 9.72 Å². The first-order valence-corrected chi connectivity index (χ1v) is 9.87. The molecule has 9 heteroatoms. The van der Waals surface area contributed by atoms with Gasteiger partial charge >= 0.3 is 0 Å². The largest absolute Gasteiger partial charge is 0.356 e. The van der Waals surface area contributed by atoms with Crippen LogP contribution in [0.5, 0.6) is 0 Å². The molecule has 2 aromatic heterocycles. The Kier molecular flexibility index (Phi) is 5.82. The molecule has 1 aromatic carbocycles. The fraction of sp³-hybridized carbons (Fsp3) is 0.222. The molecule has 3 rings (SSSR count). The lowest BCUT2D eigenvalue weighted by Crippen LogP contribution is -2.31. The number of aromatic nitrogens is 2. The monoisotopic (exact) mass is 390 g/mol. The van der Waals surface area contributed by atoms with Gasteiger partial charge in [0.05, 0.1) is 10.6 Å². The van der Waals surface area contributed by atoms with Crippen molar-refractivity contribution in [3.63, 3.8) is 0 Å². The number of hydrogen-bond donors (Lipinski definition) is 2. The summed E-state index contributed by atoms with van der Waals surface area (Å²) in [6.45, 7) is 0.368. The molecule has 0 saturated heterocycles. The Morgan fingerprint density at radius 2 is 1.89 bits per heavy atom. The molecule has 0 aliphatic carbocycles. The highest BCUT2D eigenvalue weighted by Crippen LogP contribution is 2.09. The number of nitrogens with one attached hydrogen (secondary N) is 2. The number of amides is 1. The van der Waals surface area contributed by atoms with Crippen molar-refractivity contribution < 1.29 is 17.6 Å². The van der Waals surface area contributed by atoms with E-state index >= 15 is 0 Å². The topological polar surface area (TPSA) is 92.6 Å². The number of carbonyl (C=O) groups excluding carboxylic acids is 1. The van der Waals surface area contributed by atoms with Gasteiger partial charge in [0.25, 0.3) is 0 Å². The molecule has 0 saturated carbocycles. The smallest absolute Gasteiger partial charge is 0.240 e. The maximum absolute atomic E-state index is 12.9. The first-order chi connectivity index (χ1) is 12.9. The van der Waals surface area contributed by atoms with Crippen LogP contribution < -0.4 is 10.0 Å². The summed E-state index contributed by atoms with van der Waals surface area (Å²) in [5.74, 6) is -0.778. The van der Waals surface area contributed by atoms with Crippen LogP contribution in [-0.2, 0) is 21.2 Å². The van der Waals surface area contributed by atoms with Crippen LogP contribution in [0.2, 0.25) is 0 Å². The Balaban J connectivity index is 1.41. The average Bonchev–Trinajstić information content (AvgIpc) is 3.04. The zero-order valence-corrected chi connectivity index (χ0v) is 15.2. The summed E-state index contributed by atoms with van der Waals surface area (Å²) in [5.41, 5.74) is 1.70. The second-order valence-corrected chi connectivity index (χ2v) is 7.67. The van der Waals surface area contributed by atoms with Gasteiger partial charge in [0, 0.05) is 38.3 Å². The zero-order valence-electron chi connectivity index (χ0n) is 14.4. The average molecular weight is 390 g/mol. The summed E-state index contributed by atoms with van der Waals surface area (Å²) in [5, 5.41) is 2.74. The van der Waals surface area contributed by atoms with Crippen molar-refractivity contribution in [3.8, 4) is 0 Å². The Morgan fingerprint density at radius 3 is 2.63 bits per heavy atom. The van der Waals surface area contributed by atoms with Gasteiger partial charge in [-0.3, -0.25) is 4.79 Å². The second kappa shape index (κ2) is 8.28. The highest BCUT2D eigenvalue weighted by atomic mass is 32.2. The maximum Gasteiger partial charge on any atom is 0.240 e. The maximum atomic E-state index is 12.9. The third-order valence-corrected chi connectivity index (χ3v) is 5.36. The molecule has 0 fully saturated rings. The third kappa shape index (κ3) is 5.11. The zero-order chi connectivity index (χ0) is 19.3. The minimum Gasteiger partial charge on any atom is -0.356 e. The molecule has 2 heterocycles. The number of halogens is 1. The quantitative estimate of drug-likeness (QED) is 0.610. The molecule has 27 heavy (non-hydrogen) atoms. The van der Waals surface area contributed by atoms with E-state index in [2.05, 4.69) is 15.0 Å². The van der Waals surface area contributed by atoms with Gasteiger partial charge in [0.2, 0.25) is 15.9 Å². The van der Waals surface area contributed by atoms with E-state index in [9.17, 15) is 17.6 Å². The van der Waals surface area contributed by atoms with Gasteiger partial charge in [-0.2, -0.15) is 0 Å². The van der Waals surface area contributed by atoms with Gasteiger partial charge in [-0.15, -0.1) is 0 Å². The molecule has 2 N–H and O–H groups in total. The van der Waals surface area contributed by atoms with E-state index in [-0.39, 0.29) is 23.8 Å². The molecule has 1 amide bonds. The lowest BCUT2D eigenvalue weighted by molar-refractivity contribution is -0.120. The minimum atomic E-state index is -3.76. The van der Waals surface area contributed by atoms with E-state index in [1.165, 1.54) is 12.1 Å². The first kappa shape index (κ1) is 19.0. The van der Waals surface area contributed by atoms with Gasteiger partial charge in [-0.25, -0.2) is 22.5 Å². The normalized spacial score (nSPS) is 11.6. The molecule has 142 valence electrons. The van der Waals surface area contributed by atoms with Crippen molar-refractivity contribution in [1.82, 2.24) is 19.4 Å². The molecule has 0 spiro atoms. The number of carbonyl (C=O) groups is 1. The van der Waals surface area contributed by atoms with E-state index in [1.54, 1.807) is 0 Å². The van der Waals surface area contributed by atoms with Crippen LogP contribution >= 0.6 is 0 Å². The van der Waals surface area contributed by atoms with Crippen molar-refractivity contribution in [1.29, 1.82) is 0 Å². The van der Waals surface area contributed by atoms with Crippen molar-refractivity contribution in [3.05, 3.63) is 66.4 Å². The standard InChI is InChI=1S/C18H19FN4O3S/c19-14-4-6-16(7-5-14)27(25,26)21-11-9-18(24)20-10-8-15-13-23-12-2-1-3-17(23)22-15/h1-7,12-13,21H,8-11H2,(H,20,24). The van der Waals surface area contributed by atoms with E-state index in [0.717, 1.165) is 23.5 Å². The summed E-state index contributed by atoms with van der Waals surface area (Å²) >= 11 is 0. The predicted octanol–water partition coefficient (Wildman–Crippen LogP) is 1.50. The lowest BCUT2D eigenvalue weighted by atomic mass is 10.3. The van der Waals surface area contributed by atoms with Crippen LogP contribution in [0.4, 0.5) is 4.39 Å². The van der Waals surface area contributed by atoms with Gasteiger partial charge in [-0.1, -0.05) is 6.07 Å². The van der Waals surface area contributed by atoms with Crippen LogP contribution in [0.25, 0.3) is 5.65 Å². The number of hydrogen-bond acceptors (Lipinski definition) is 4. The van der Waals surface area contributed by atoms with Crippen molar-refractivity contribution in [2.45, 2.75) is 17.7 Å². The summed E-state index contributed by atoms with van der Waals surface area (Å²) < 4.78 is 41.2. The Hall–Kier alpha value is -2.78. The molecule has 0 aliphatic heterocycles. The van der Waals surface area contributed by atoms with E-state index in [0.29, 0.717) is 13.0 Å². The number of fused-ring (bicyclic) bond motifs is 1.